The number of rotatable bonds is 10. The molecule has 1 heteroatoms. The largest absolute Gasteiger partial charge is 0.310 e. The average Bonchev–Trinajstić information content (AvgIpc) is 4.06. The van der Waals surface area contributed by atoms with Gasteiger partial charge in [0, 0.05) is 17.1 Å². The molecule has 0 radical (unpaired) electrons. The number of hydrogen-bond acceptors (Lipinski definition) is 1. The van der Waals surface area contributed by atoms with E-state index in [0.717, 1.165) is 17.1 Å². The zero-order chi connectivity index (χ0) is 52.3. The van der Waals surface area contributed by atoms with Gasteiger partial charge < -0.3 is 4.90 Å². The highest BCUT2D eigenvalue weighted by Crippen LogP contribution is 2.58. The Bertz CT molecular complexity index is 4090. The van der Waals surface area contributed by atoms with Gasteiger partial charge in [-0.25, -0.2) is 0 Å². The second-order valence-corrected chi connectivity index (χ2v) is 21.1. The van der Waals surface area contributed by atoms with Gasteiger partial charge in [0.05, 0.1) is 10.8 Å². The quantitative estimate of drug-likeness (QED) is 0.132. The normalized spacial score (nSPS) is 13.3. The smallest absolute Gasteiger partial charge is 0.0713 e. The van der Waals surface area contributed by atoms with Crippen LogP contribution in [0.1, 0.15) is 44.5 Å². The summed E-state index contributed by atoms with van der Waals surface area (Å²) in [5, 5.41) is 2.47. The highest BCUT2D eigenvalue weighted by Gasteiger charge is 2.47. The summed E-state index contributed by atoms with van der Waals surface area (Å²) in [6, 6.07) is 119. The van der Waals surface area contributed by atoms with Crippen molar-refractivity contribution >= 4 is 27.8 Å². The first-order valence-electron chi connectivity index (χ1n) is 27.5. The predicted molar refractivity (Wildman–Crippen MR) is 330 cm³/mol. The summed E-state index contributed by atoms with van der Waals surface area (Å²) in [5.74, 6) is 0. The van der Waals surface area contributed by atoms with Crippen LogP contribution in [0.15, 0.2) is 322 Å². The Balaban J connectivity index is 0.842. The van der Waals surface area contributed by atoms with Crippen molar-refractivity contribution in [2.45, 2.75) is 10.8 Å². The van der Waals surface area contributed by atoms with E-state index in [2.05, 4.69) is 326 Å². The van der Waals surface area contributed by atoms with E-state index in [4.69, 9.17) is 0 Å². The van der Waals surface area contributed by atoms with Crippen molar-refractivity contribution in [2.24, 2.45) is 0 Å². The Labute approximate surface area is 462 Å². The molecule has 1 nitrogen and oxygen atoms in total. The molecule has 0 aromatic heterocycles. The van der Waals surface area contributed by atoms with Crippen molar-refractivity contribution in [3.63, 3.8) is 0 Å². The van der Waals surface area contributed by atoms with Crippen LogP contribution in [-0.2, 0) is 10.8 Å². The molecule has 0 spiro atoms. The Hall–Kier alpha value is -10.1. The highest BCUT2D eigenvalue weighted by atomic mass is 15.1. The molecule has 0 fully saturated rings. The van der Waals surface area contributed by atoms with Gasteiger partial charge in [-0.2, -0.15) is 0 Å². The van der Waals surface area contributed by atoms with Crippen LogP contribution < -0.4 is 4.90 Å². The Morgan fingerprint density at radius 2 is 0.544 bits per heavy atom. The molecule has 0 saturated carbocycles. The SMILES string of the molecule is c1ccc(C2(c3ccccc3)c3ccccc3-c3ccc(-c4ccc(N(c5ccc(-c6ccc7c(c6)C(c6ccccc6)(c6ccccc6)c6ccccc6-7)cc5)c5cccc(-c6ccc7ccccc7c6)c5)cc4)cc32)cc1. The van der Waals surface area contributed by atoms with E-state index in [1.165, 1.54) is 111 Å². The van der Waals surface area contributed by atoms with Crippen molar-refractivity contribution in [1.29, 1.82) is 0 Å². The summed E-state index contributed by atoms with van der Waals surface area (Å²) >= 11 is 0. The average molecular weight is 1000 g/mol. The van der Waals surface area contributed by atoms with Gasteiger partial charge in [-0.1, -0.05) is 267 Å². The van der Waals surface area contributed by atoms with Crippen molar-refractivity contribution in [2.75, 3.05) is 4.90 Å². The zero-order valence-corrected chi connectivity index (χ0v) is 43.5. The third kappa shape index (κ3) is 7.38. The van der Waals surface area contributed by atoms with E-state index < -0.39 is 10.8 Å². The highest BCUT2D eigenvalue weighted by molar-refractivity contribution is 5.92. The van der Waals surface area contributed by atoms with Gasteiger partial charge in [0.1, 0.15) is 0 Å². The van der Waals surface area contributed by atoms with Gasteiger partial charge in [0.25, 0.3) is 0 Å². The summed E-state index contributed by atoms with van der Waals surface area (Å²) in [6.45, 7) is 0. The van der Waals surface area contributed by atoms with E-state index in [1.54, 1.807) is 0 Å². The van der Waals surface area contributed by atoms with Gasteiger partial charge in [0.2, 0.25) is 0 Å². The molecule has 0 unspecified atom stereocenters. The minimum absolute atomic E-state index is 0.471. The molecule has 0 N–H and O–H groups in total. The number of hydrogen-bond donors (Lipinski definition) is 0. The third-order valence-corrected chi connectivity index (χ3v) is 17.0. The van der Waals surface area contributed by atoms with Crippen LogP contribution in [-0.4, -0.2) is 0 Å². The summed E-state index contributed by atoms with van der Waals surface area (Å²) in [5.41, 5.74) is 24.8. The van der Waals surface area contributed by atoms with E-state index in [1.807, 2.05) is 0 Å². The minimum Gasteiger partial charge on any atom is -0.310 e. The molecular weight excluding hydrogens is 951 g/mol. The van der Waals surface area contributed by atoms with Crippen molar-refractivity contribution in [3.05, 3.63) is 366 Å². The molecular formula is C78H53N. The lowest BCUT2D eigenvalue weighted by molar-refractivity contribution is 0.769. The molecule has 0 amide bonds. The van der Waals surface area contributed by atoms with E-state index in [0.29, 0.717) is 0 Å². The number of benzene rings is 13. The molecule has 2 aliphatic rings. The van der Waals surface area contributed by atoms with Gasteiger partial charge in [-0.3, -0.25) is 0 Å². The third-order valence-electron chi connectivity index (χ3n) is 17.0. The van der Waals surface area contributed by atoms with E-state index in [9.17, 15) is 0 Å². The lowest BCUT2D eigenvalue weighted by Gasteiger charge is -2.34. The van der Waals surface area contributed by atoms with Crippen LogP contribution in [0.3, 0.4) is 0 Å². The van der Waals surface area contributed by atoms with E-state index >= 15 is 0 Å². The fourth-order valence-electron chi connectivity index (χ4n) is 13.5. The molecule has 79 heavy (non-hydrogen) atoms. The van der Waals surface area contributed by atoms with Crippen LogP contribution in [0.4, 0.5) is 17.1 Å². The summed E-state index contributed by atoms with van der Waals surface area (Å²) < 4.78 is 0. The van der Waals surface area contributed by atoms with Crippen LogP contribution in [0.25, 0.3) is 66.4 Å². The van der Waals surface area contributed by atoms with Crippen molar-refractivity contribution < 1.29 is 0 Å². The zero-order valence-electron chi connectivity index (χ0n) is 43.5. The first kappa shape index (κ1) is 46.2. The molecule has 0 aliphatic heterocycles. The Morgan fingerprint density at radius 3 is 1.01 bits per heavy atom. The lowest BCUT2D eigenvalue weighted by Crippen LogP contribution is -2.28. The number of nitrogens with zero attached hydrogens (tertiary/aromatic N) is 1. The molecule has 370 valence electrons. The minimum atomic E-state index is -0.471. The van der Waals surface area contributed by atoms with Crippen LogP contribution in [0, 0.1) is 0 Å². The standard InChI is InChI=1S/C78H53N/c1-5-23-62(24-6-1)77(63-25-7-2-8-26-63)73-34-17-15-32-69(73)71-48-42-60(52-75(71)77)55-38-44-66(45-39-55)79(68-31-19-22-58(51-68)59-37-36-54-20-13-14-21-57(54)50-59)67-46-40-56(41-47-67)61-43-49-72-70-33-16-18-35-74(70)78(76(72)53-61,64-27-9-3-10-28-64)65-29-11-4-12-30-65/h1-53H. The molecule has 13 aromatic carbocycles. The predicted octanol–water partition coefficient (Wildman–Crippen LogP) is 20.0. The Kier molecular flexibility index (Phi) is 11.1. The van der Waals surface area contributed by atoms with Crippen molar-refractivity contribution in [3.8, 4) is 55.6 Å². The molecule has 13 aromatic rings. The first-order chi connectivity index (χ1) is 39.2. The molecule has 0 bridgehead atoms. The molecule has 2 aliphatic carbocycles. The van der Waals surface area contributed by atoms with Gasteiger partial charge in [-0.05, 0) is 166 Å². The van der Waals surface area contributed by atoms with Crippen LogP contribution in [0.5, 0.6) is 0 Å². The second kappa shape index (κ2) is 18.9. The lowest BCUT2D eigenvalue weighted by atomic mass is 9.67. The van der Waals surface area contributed by atoms with Crippen molar-refractivity contribution in [1.82, 2.24) is 0 Å². The summed E-state index contributed by atoms with van der Waals surface area (Å²) in [4.78, 5) is 2.41. The first-order valence-corrected chi connectivity index (χ1v) is 27.5. The molecule has 0 heterocycles. The topological polar surface area (TPSA) is 3.24 Å². The number of fused-ring (bicyclic) bond motifs is 7. The monoisotopic (exact) mass is 1000 g/mol. The molecule has 0 atom stereocenters. The van der Waals surface area contributed by atoms with E-state index in [-0.39, 0.29) is 0 Å². The fourth-order valence-corrected chi connectivity index (χ4v) is 13.5. The Morgan fingerprint density at radius 1 is 0.190 bits per heavy atom. The summed E-state index contributed by atoms with van der Waals surface area (Å²) in [6.07, 6.45) is 0. The fraction of sp³-hybridized carbons (Fsp3) is 0.0256. The van der Waals surface area contributed by atoms with Gasteiger partial charge in [0.15, 0.2) is 0 Å². The maximum Gasteiger partial charge on any atom is 0.0713 e. The maximum absolute atomic E-state index is 2.45. The maximum atomic E-state index is 2.45. The van der Waals surface area contributed by atoms with Crippen LogP contribution >= 0.6 is 0 Å². The molecule has 0 saturated heterocycles. The molecule has 15 rings (SSSR count). The number of anilines is 3. The second-order valence-electron chi connectivity index (χ2n) is 21.1. The van der Waals surface area contributed by atoms with Crippen LogP contribution in [0.2, 0.25) is 0 Å². The van der Waals surface area contributed by atoms with Gasteiger partial charge >= 0.3 is 0 Å². The van der Waals surface area contributed by atoms with Gasteiger partial charge in [-0.15, -0.1) is 0 Å². The summed E-state index contributed by atoms with van der Waals surface area (Å²) in [7, 11) is 0.